The fourth-order valence-electron chi connectivity index (χ4n) is 3.02. The minimum Gasteiger partial charge on any atom is -0.508 e. The van der Waals surface area contributed by atoms with E-state index in [1.807, 2.05) is 19.9 Å². The topological polar surface area (TPSA) is 65.0 Å². The van der Waals surface area contributed by atoms with Crippen molar-refractivity contribution in [3.63, 3.8) is 0 Å². The van der Waals surface area contributed by atoms with Crippen LogP contribution in [-0.4, -0.2) is 55.0 Å². The Bertz CT molecular complexity index is 471. The Hall–Kier alpha value is -1.30. The van der Waals surface area contributed by atoms with E-state index < -0.39 is 0 Å². The molecule has 5 nitrogen and oxygen atoms in total. The Morgan fingerprint density at radius 2 is 2.00 bits per heavy atom. The highest BCUT2D eigenvalue weighted by atomic mass is 16.5. The second-order valence-corrected chi connectivity index (χ2v) is 6.26. The van der Waals surface area contributed by atoms with Crippen LogP contribution in [0.5, 0.6) is 11.5 Å². The molecule has 21 heavy (non-hydrogen) atoms. The number of aromatic hydroxyl groups is 1. The van der Waals surface area contributed by atoms with E-state index in [0.29, 0.717) is 0 Å². The molecule has 1 fully saturated rings. The number of hydrogen-bond donors (Lipinski definition) is 3. The zero-order chi connectivity index (χ0) is 15.5. The monoisotopic (exact) mass is 294 g/mol. The highest BCUT2D eigenvalue weighted by molar-refractivity contribution is 5.42. The van der Waals surface area contributed by atoms with E-state index in [4.69, 9.17) is 4.74 Å². The third kappa shape index (κ3) is 3.48. The van der Waals surface area contributed by atoms with Gasteiger partial charge in [-0.15, -0.1) is 0 Å². The van der Waals surface area contributed by atoms with E-state index >= 15 is 0 Å². The summed E-state index contributed by atoms with van der Waals surface area (Å²) in [7, 11) is 1.62. The van der Waals surface area contributed by atoms with Crippen molar-refractivity contribution >= 4 is 0 Å². The quantitative estimate of drug-likeness (QED) is 0.765. The van der Waals surface area contributed by atoms with Crippen molar-refractivity contribution in [2.75, 3.05) is 39.9 Å². The van der Waals surface area contributed by atoms with Gasteiger partial charge < -0.3 is 20.3 Å². The summed E-state index contributed by atoms with van der Waals surface area (Å²) in [5.74, 6) is 0.970. The number of aliphatic hydroxyl groups is 1. The predicted octanol–water partition coefficient (Wildman–Crippen LogP) is 1.37. The van der Waals surface area contributed by atoms with Gasteiger partial charge in [0.1, 0.15) is 11.5 Å². The Kier molecular flexibility index (Phi) is 5.08. The van der Waals surface area contributed by atoms with E-state index in [-0.39, 0.29) is 23.8 Å². The van der Waals surface area contributed by atoms with Crippen molar-refractivity contribution in [1.29, 1.82) is 0 Å². The number of aliphatic hydroxyl groups excluding tert-OH is 1. The Morgan fingerprint density at radius 3 is 2.57 bits per heavy atom. The summed E-state index contributed by atoms with van der Waals surface area (Å²) in [5.41, 5.74) is 0.455. The number of nitrogens with zero attached hydrogens (tertiary/aromatic N) is 1. The number of phenolic OH excluding ortho intramolecular Hbond substituents is 1. The third-order valence-corrected chi connectivity index (χ3v) is 4.19. The maximum Gasteiger partial charge on any atom is 0.120 e. The maximum atomic E-state index is 10.3. The molecule has 1 aliphatic heterocycles. The number of benzene rings is 1. The van der Waals surface area contributed by atoms with Gasteiger partial charge in [-0.3, -0.25) is 4.90 Å². The maximum absolute atomic E-state index is 10.3. The lowest BCUT2D eigenvalue weighted by Crippen LogP contribution is -2.49. The summed E-state index contributed by atoms with van der Waals surface area (Å²) in [4.78, 5) is 2.32. The number of ether oxygens (including phenoxy) is 1. The molecule has 5 heteroatoms. The van der Waals surface area contributed by atoms with Gasteiger partial charge in [0.25, 0.3) is 0 Å². The van der Waals surface area contributed by atoms with Crippen LogP contribution in [-0.2, 0) is 0 Å². The summed E-state index contributed by atoms with van der Waals surface area (Å²) in [6, 6.07) is 5.23. The highest BCUT2D eigenvalue weighted by Crippen LogP contribution is 2.42. The average molecular weight is 294 g/mol. The smallest absolute Gasteiger partial charge is 0.120 e. The van der Waals surface area contributed by atoms with E-state index in [1.54, 1.807) is 19.2 Å². The van der Waals surface area contributed by atoms with Crippen molar-refractivity contribution < 1.29 is 14.9 Å². The molecule has 1 heterocycles. The molecule has 1 aromatic carbocycles. The minimum atomic E-state index is -0.360. The molecular formula is C16H26N2O3. The summed E-state index contributed by atoms with van der Waals surface area (Å²) < 4.78 is 5.29. The SMILES string of the molecule is COc1ccc(O)c([C@H](N2CCNCC2)C(C)(C)CO)c1. The summed E-state index contributed by atoms with van der Waals surface area (Å²) >= 11 is 0. The molecule has 0 radical (unpaired) electrons. The van der Waals surface area contributed by atoms with Gasteiger partial charge in [0.05, 0.1) is 7.11 Å². The third-order valence-electron chi connectivity index (χ3n) is 4.19. The molecule has 1 atom stereocenters. The molecule has 1 aromatic rings. The lowest BCUT2D eigenvalue weighted by atomic mass is 9.79. The molecule has 0 unspecified atom stereocenters. The summed E-state index contributed by atoms with van der Waals surface area (Å²) in [6.45, 7) is 7.73. The standard InChI is InChI=1S/C16H26N2O3/c1-16(2,11-19)15(18-8-6-17-7-9-18)13-10-12(21-3)4-5-14(13)20/h4-5,10,15,17,19-20H,6-9,11H2,1-3H3/t15-/m0/s1. The first kappa shape index (κ1) is 16.1. The van der Waals surface area contributed by atoms with Crippen LogP contribution < -0.4 is 10.1 Å². The number of piperazine rings is 1. The predicted molar refractivity (Wildman–Crippen MR) is 82.7 cm³/mol. The first-order valence-corrected chi connectivity index (χ1v) is 7.42. The fraction of sp³-hybridized carbons (Fsp3) is 0.625. The fourth-order valence-corrected chi connectivity index (χ4v) is 3.02. The minimum absolute atomic E-state index is 0.0538. The average Bonchev–Trinajstić information content (AvgIpc) is 2.50. The van der Waals surface area contributed by atoms with Crippen LogP contribution >= 0.6 is 0 Å². The number of methoxy groups -OCH3 is 1. The van der Waals surface area contributed by atoms with Gasteiger partial charge in [-0.2, -0.15) is 0 Å². The van der Waals surface area contributed by atoms with Crippen LogP contribution in [0.15, 0.2) is 18.2 Å². The van der Waals surface area contributed by atoms with E-state index in [2.05, 4.69) is 10.2 Å². The van der Waals surface area contributed by atoms with Crippen LogP contribution in [0.3, 0.4) is 0 Å². The number of phenols is 1. The van der Waals surface area contributed by atoms with E-state index in [1.165, 1.54) is 0 Å². The molecule has 0 aromatic heterocycles. The molecule has 0 spiro atoms. The van der Waals surface area contributed by atoms with E-state index in [9.17, 15) is 10.2 Å². The van der Waals surface area contributed by atoms with Crippen LogP contribution in [0.1, 0.15) is 25.5 Å². The van der Waals surface area contributed by atoms with Crippen LogP contribution in [0.4, 0.5) is 0 Å². The molecule has 3 N–H and O–H groups in total. The van der Waals surface area contributed by atoms with Crippen molar-refractivity contribution in [3.8, 4) is 11.5 Å². The lowest BCUT2D eigenvalue weighted by molar-refractivity contribution is 0.0292. The van der Waals surface area contributed by atoms with Crippen molar-refractivity contribution in [2.24, 2.45) is 5.41 Å². The molecule has 0 saturated carbocycles. The van der Waals surface area contributed by atoms with Gasteiger partial charge in [0, 0.05) is 49.8 Å². The van der Waals surface area contributed by atoms with Gasteiger partial charge in [-0.05, 0) is 18.2 Å². The van der Waals surface area contributed by atoms with Gasteiger partial charge in [-0.25, -0.2) is 0 Å². The molecule has 0 aliphatic carbocycles. The van der Waals surface area contributed by atoms with E-state index in [0.717, 1.165) is 37.5 Å². The number of hydrogen-bond acceptors (Lipinski definition) is 5. The zero-order valence-electron chi connectivity index (χ0n) is 13.1. The molecule has 118 valence electrons. The first-order chi connectivity index (χ1) is 9.99. The molecule has 1 aliphatic rings. The Balaban J connectivity index is 2.43. The summed E-state index contributed by atoms with van der Waals surface area (Å²) in [6.07, 6.45) is 0. The normalized spacial score (nSPS) is 18.5. The zero-order valence-corrected chi connectivity index (χ0v) is 13.1. The number of nitrogens with one attached hydrogen (secondary N) is 1. The van der Waals surface area contributed by atoms with Crippen LogP contribution in [0, 0.1) is 5.41 Å². The van der Waals surface area contributed by atoms with Crippen molar-refractivity contribution in [3.05, 3.63) is 23.8 Å². The molecule has 1 saturated heterocycles. The van der Waals surface area contributed by atoms with Crippen LogP contribution in [0.25, 0.3) is 0 Å². The van der Waals surface area contributed by atoms with Gasteiger partial charge in [0.2, 0.25) is 0 Å². The van der Waals surface area contributed by atoms with Crippen molar-refractivity contribution in [1.82, 2.24) is 10.2 Å². The second kappa shape index (κ2) is 6.64. The van der Waals surface area contributed by atoms with Crippen LogP contribution in [0.2, 0.25) is 0 Å². The first-order valence-electron chi connectivity index (χ1n) is 7.42. The largest absolute Gasteiger partial charge is 0.508 e. The summed E-state index contributed by atoms with van der Waals surface area (Å²) in [5, 5.41) is 23.5. The van der Waals surface area contributed by atoms with Gasteiger partial charge in [-0.1, -0.05) is 13.8 Å². The number of rotatable bonds is 5. The Morgan fingerprint density at radius 1 is 1.33 bits per heavy atom. The second-order valence-electron chi connectivity index (χ2n) is 6.26. The van der Waals surface area contributed by atoms with Gasteiger partial charge in [0.15, 0.2) is 0 Å². The van der Waals surface area contributed by atoms with Crippen molar-refractivity contribution in [2.45, 2.75) is 19.9 Å². The Labute approximate surface area is 126 Å². The molecule has 0 amide bonds. The lowest BCUT2D eigenvalue weighted by Gasteiger charge is -2.43. The molecule has 0 bridgehead atoms. The van der Waals surface area contributed by atoms with Gasteiger partial charge >= 0.3 is 0 Å². The molecule has 2 rings (SSSR count). The molecular weight excluding hydrogens is 268 g/mol. The highest BCUT2D eigenvalue weighted by Gasteiger charge is 2.37.